The lowest BCUT2D eigenvalue weighted by Crippen LogP contribution is -2.24. The Labute approximate surface area is 201 Å². The number of nitrogens with one attached hydrogen (secondary N) is 1. The van der Waals surface area contributed by atoms with Gasteiger partial charge < -0.3 is 11.1 Å². The predicted octanol–water partition coefficient (Wildman–Crippen LogP) is 3.51. The van der Waals surface area contributed by atoms with Gasteiger partial charge in [0.1, 0.15) is 0 Å². The second-order valence-electron chi connectivity index (χ2n) is 9.77. The van der Waals surface area contributed by atoms with E-state index in [0.717, 1.165) is 68.4 Å². The quantitative estimate of drug-likeness (QED) is 0.559. The molecule has 8 nitrogen and oxygen atoms in total. The summed E-state index contributed by atoms with van der Waals surface area (Å²) in [5.74, 6) is 1.80. The molecule has 2 aromatic rings. The molecule has 9 heteroatoms. The molecule has 1 saturated heterocycles. The second-order valence-corrected chi connectivity index (χ2v) is 11.3. The first-order valence-corrected chi connectivity index (χ1v) is 13.7. The number of benzene rings is 2. The van der Waals surface area contributed by atoms with Crippen LogP contribution in [0.25, 0.3) is 11.1 Å². The van der Waals surface area contributed by atoms with E-state index >= 15 is 0 Å². The van der Waals surface area contributed by atoms with Gasteiger partial charge in [-0.2, -0.15) is 0 Å². The molecule has 0 amide bonds. The molecule has 1 saturated carbocycles. The van der Waals surface area contributed by atoms with Crippen LogP contribution in [0.2, 0.25) is 0 Å². The summed E-state index contributed by atoms with van der Waals surface area (Å²) < 4.78 is 25.8. The van der Waals surface area contributed by atoms with Crippen molar-refractivity contribution in [2.45, 2.75) is 49.3 Å². The molecule has 1 atom stereocenters. The van der Waals surface area contributed by atoms with Gasteiger partial charge >= 0.3 is 0 Å². The fourth-order valence-corrected chi connectivity index (χ4v) is 6.62. The fraction of sp³-hybridized carbons (Fsp3) is 0.480. The van der Waals surface area contributed by atoms with E-state index in [0.29, 0.717) is 35.6 Å². The highest BCUT2D eigenvalue weighted by atomic mass is 32.2. The van der Waals surface area contributed by atoms with Crippen molar-refractivity contribution in [2.75, 3.05) is 19.6 Å². The highest BCUT2D eigenvalue weighted by Gasteiger charge is 2.30. The van der Waals surface area contributed by atoms with Gasteiger partial charge in [0.25, 0.3) is 0 Å². The molecular weight excluding hydrogens is 448 g/mol. The van der Waals surface area contributed by atoms with Crippen LogP contribution in [0.5, 0.6) is 0 Å². The number of hydrogen-bond donors (Lipinski definition) is 3. The Morgan fingerprint density at radius 2 is 1.68 bits per heavy atom. The van der Waals surface area contributed by atoms with Gasteiger partial charge in [-0.3, -0.25) is 0 Å². The molecule has 1 unspecified atom stereocenters. The van der Waals surface area contributed by atoms with Crippen LogP contribution in [0.3, 0.4) is 0 Å². The van der Waals surface area contributed by atoms with Gasteiger partial charge in [-0.25, -0.2) is 13.6 Å². The Hall–Kier alpha value is -2.46. The molecule has 2 aromatic carbocycles. The van der Waals surface area contributed by atoms with Crippen LogP contribution < -0.4 is 16.2 Å². The molecule has 2 fully saturated rings. The van der Waals surface area contributed by atoms with Crippen LogP contribution >= 0.6 is 0 Å². The number of nitrogens with zero attached hydrogens (tertiary/aromatic N) is 3. The number of nitrogens with two attached hydrogens (primary N) is 2. The average molecular weight is 481 g/mol. The van der Waals surface area contributed by atoms with Crippen molar-refractivity contribution in [1.82, 2.24) is 5.32 Å². The monoisotopic (exact) mass is 480 g/mol. The summed E-state index contributed by atoms with van der Waals surface area (Å²) >= 11 is 0. The molecule has 0 radical (unpaired) electrons. The third-order valence-electron chi connectivity index (χ3n) is 7.59. The predicted molar refractivity (Wildman–Crippen MR) is 133 cm³/mol. The molecule has 5 N–H and O–H groups in total. The minimum Gasteiger partial charge on any atom is -0.330 e. The molecule has 2 aliphatic heterocycles. The molecule has 0 aromatic heterocycles. The number of amidine groups is 1. The SMILES string of the molecule is NCC1CCC(Cc2ccc(-c3ccc(C4CCNC4)cc3)c(C3=NN=N3)c2S(N)(=O)=O)CC1. The molecule has 2 heterocycles. The van der Waals surface area contributed by atoms with Crippen LogP contribution in [-0.2, 0) is 16.4 Å². The second kappa shape index (κ2) is 9.65. The topological polar surface area (TPSA) is 135 Å². The maximum absolute atomic E-state index is 12.9. The first-order chi connectivity index (χ1) is 16.4. The zero-order chi connectivity index (χ0) is 23.7. The molecular formula is C25H32N6O2S. The summed E-state index contributed by atoms with van der Waals surface area (Å²) in [7, 11) is -4.01. The molecule has 5 rings (SSSR count). The molecule has 3 aliphatic rings. The minimum atomic E-state index is -4.01. The fourth-order valence-electron chi connectivity index (χ4n) is 5.62. The minimum absolute atomic E-state index is 0.132. The number of hydrogen-bond acceptors (Lipinski definition) is 7. The molecule has 1 aliphatic carbocycles. The third-order valence-corrected chi connectivity index (χ3v) is 8.62. The standard InChI is InChI=1S/C25H32N6O2S/c26-14-17-3-1-16(2-4-17)13-20-9-10-22(23(25-29-31-30-25)24(20)34(27,32)33)19-7-5-18(6-8-19)21-11-12-28-15-21/h5-10,16-17,21,28H,1-4,11-15,26H2,(H2,27,32,33). The Kier molecular flexibility index (Phi) is 6.61. The number of primary sulfonamides is 1. The lowest BCUT2D eigenvalue weighted by molar-refractivity contribution is 0.278. The Balaban J connectivity index is 1.53. The first kappa shape index (κ1) is 23.3. The van der Waals surface area contributed by atoms with Crippen LogP contribution in [-0.4, -0.2) is 33.9 Å². The van der Waals surface area contributed by atoms with E-state index in [9.17, 15) is 8.42 Å². The van der Waals surface area contributed by atoms with E-state index < -0.39 is 10.0 Å². The van der Waals surface area contributed by atoms with E-state index in [2.05, 4.69) is 32.9 Å². The maximum Gasteiger partial charge on any atom is 0.239 e. The zero-order valence-electron chi connectivity index (χ0n) is 19.3. The Morgan fingerprint density at radius 3 is 2.24 bits per heavy atom. The van der Waals surface area contributed by atoms with Gasteiger partial charge in [-0.05, 0) is 96.8 Å². The summed E-state index contributed by atoms with van der Waals surface area (Å²) in [5, 5.41) is 20.9. The van der Waals surface area contributed by atoms with E-state index in [1.807, 2.05) is 24.3 Å². The third kappa shape index (κ3) is 4.70. The van der Waals surface area contributed by atoms with Crippen LogP contribution in [0, 0.1) is 11.8 Å². The lowest BCUT2D eigenvalue weighted by atomic mass is 9.79. The van der Waals surface area contributed by atoms with Crippen molar-refractivity contribution in [3.05, 3.63) is 53.1 Å². The van der Waals surface area contributed by atoms with Crippen molar-refractivity contribution < 1.29 is 8.42 Å². The molecule has 0 spiro atoms. The molecule has 34 heavy (non-hydrogen) atoms. The summed E-state index contributed by atoms with van der Waals surface area (Å²) in [6, 6.07) is 12.2. The highest BCUT2D eigenvalue weighted by Crippen LogP contribution is 2.37. The number of rotatable bonds is 7. The van der Waals surface area contributed by atoms with Crippen molar-refractivity contribution >= 4 is 15.9 Å². The maximum atomic E-state index is 12.9. The Bertz CT molecular complexity index is 1210. The van der Waals surface area contributed by atoms with Crippen LogP contribution in [0.1, 0.15) is 54.7 Å². The van der Waals surface area contributed by atoms with Gasteiger partial charge in [0.05, 0.1) is 10.5 Å². The summed E-state index contributed by atoms with van der Waals surface area (Å²) in [6.07, 6.45) is 6.04. The highest BCUT2D eigenvalue weighted by molar-refractivity contribution is 7.89. The van der Waals surface area contributed by atoms with Gasteiger partial charge in [0.15, 0.2) is 0 Å². The van der Waals surface area contributed by atoms with Crippen LogP contribution in [0.4, 0.5) is 0 Å². The van der Waals surface area contributed by atoms with Crippen LogP contribution in [0.15, 0.2) is 56.7 Å². The van der Waals surface area contributed by atoms with Gasteiger partial charge in [-0.15, -0.1) is 10.2 Å². The molecule has 180 valence electrons. The summed E-state index contributed by atoms with van der Waals surface area (Å²) in [5.41, 5.74) is 9.99. The van der Waals surface area contributed by atoms with E-state index in [1.165, 1.54) is 5.56 Å². The van der Waals surface area contributed by atoms with Gasteiger partial charge in [-0.1, -0.05) is 36.4 Å². The summed E-state index contributed by atoms with van der Waals surface area (Å²) in [4.78, 5) is 0.132. The smallest absolute Gasteiger partial charge is 0.239 e. The van der Waals surface area contributed by atoms with Crippen molar-refractivity contribution in [2.24, 2.45) is 38.1 Å². The Morgan fingerprint density at radius 1 is 0.971 bits per heavy atom. The molecule has 0 bridgehead atoms. The van der Waals surface area contributed by atoms with Crippen molar-refractivity contribution in [1.29, 1.82) is 0 Å². The average Bonchev–Trinajstić information content (AvgIpc) is 3.33. The van der Waals surface area contributed by atoms with E-state index in [4.69, 9.17) is 10.9 Å². The number of sulfonamides is 1. The zero-order valence-corrected chi connectivity index (χ0v) is 20.1. The van der Waals surface area contributed by atoms with E-state index in [1.54, 1.807) is 0 Å². The van der Waals surface area contributed by atoms with Gasteiger partial charge in [0.2, 0.25) is 15.9 Å². The van der Waals surface area contributed by atoms with Crippen molar-refractivity contribution in [3.8, 4) is 11.1 Å². The first-order valence-electron chi connectivity index (χ1n) is 12.1. The largest absolute Gasteiger partial charge is 0.330 e. The lowest BCUT2D eigenvalue weighted by Gasteiger charge is -2.28. The normalized spacial score (nSPS) is 24.6. The van der Waals surface area contributed by atoms with Gasteiger partial charge in [0, 0.05) is 6.54 Å². The summed E-state index contributed by atoms with van der Waals surface area (Å²) in [6.45, 7) is 2.74. The van der Waals surface area contributed by atoms with Crippen molar-refractivity contribution in [3.63, 3.8) is 0 Å². The van der Waals surface area contributed by atoms with E-state index in [-0.39, 0.29) is 4.90 Å².